The molecule has 1 aromatic carbocycles. The predicted molar refractivity (Wildman–Crippen MR) is 108 cm³/mol. The number of ether oxygens (including phenoxy) is 1. The number of amides is 1. The van der Waals surface area contributed by atoms with Crippen LogP contribution in [-0.2, 0) is 28.9 Å². The van der Waals surface area contributed by atoms with E-state index in [0.29, 0.717) is 45.0 Å². The molecule has 0 N–H and O–H groups in total. The summed E-state index contributed by atoms with van der Waals surface area (Å²) >= 11 is 0. The molecule has 0 radical (unpaired) electrons. The van der Waals surface area contributed by atoms with E-state index in [-0.39, 0.29) is 11.7 Å². The standard InChI is InChI=1S/C22H27FN4O2/c1-2-4-21(28)27-8-7-19-18(15-27)22(26-9-11-29-12-10-26)25-20(24-19)14-16-5-3-6-17(23)13-16/h3,5-6,13H,2,4,7-12,14-15H2,1H3. The highest BCUT2D eigenvalue weighted by atomic mass is 19.1. The number of rotatable bonds is 5. The minimum atomic E-state index is -0.251. The Morgan fingerprint density at radius 2 is 2.03 bits per heavy atom. The van der Waals surface area contributed by atoms with E-state index in [1.54, 1.807) is 6.07 Å². The first kappa shape index (κ1) is 19.8. The van der Waals surface area contributed by atoms with Gasteiger partial charge in [0.1, 0.15) is 17.5 Å². The van der Waals surface area contributed by atoms with Crippen molar-refractivity contribution in [2.45, 2.75) is 39.2 Å². The van der Waals surface area contributed by atoms with Crippen molar-refractivity contribution in [1.82, 2.24) is 14.9 Å². The number of halogens is 1. The molecule has 7 heteroatoms. The molecule has 0 unspecified atom stereocenters. The molecular formula is C22H27FN4O2. The fourth-order valence-electron chi connectivity index (χ4n) is 3.98. The van der Waals surface area contributed by atoms with Crippen LogP contribution in [0.1, 0.15) is 42.4 Å². The van der Waals surface area contributed by atoms with Crippen LogP contribution < -0.4 is 4.90 Å². The largest absolute Gasteiger partial charge is 0.378 e. The number of nitrogens with zero attached hydrogens (tertiary/aromatic N) is 4. The zero-order valence-corrected chi connectivity index (χ0v) is 16.9. The van der Waals surface area contributed by atoms with E-state index in [2.05, 4.69) is 4.90 Å². The zero-order valence-electron chi connectivity index (χ0n) is 16.9. The second kappa shape index (κ2) is 8.86. The van der Waals surface area contributed by atoms with Crippen molar-refractivity contribution in [2.75, 3.05) is 37.7 Å². The highest BCUT2D eigenvalue weighted by Gasteiger charge is 2.28. The van der Waals surface area contributed by atoms with Crippen molar-refractivity contribution in [3.05, 3.63) is 52.7 Å². The molecule has 0 saturated carbocycles. The van der Waals surface area contributed by atoms with Crippen LogP contribution in [0.5, 0.6) is 0 Å². The monoisotopic (exact) mass is 398 g/mol. The van der Waals surface area contributed by atoms with Gasteiger partial charge in [0.2, 0.25) is 5.91 Å². The zero-order chi connectivity index (χ0) is 20.2. The van der Waals surface area contributed by atoms with E-state index in [9.17, 15) is 9.18 Å². The SMILES string of the molecule is CCCC(=O)N1CCc2nc(Cc3cccc(F)c3)nc(N3CCOCC3)c2C1. The molecule has 1 amide bonds. The summed E-state index contributed by atoms with van der Waals surface area (Å²) in [6.07, 6.45) is 2.63. The van der Waals surface area contributed by atoms with Crippen LogP contribution in [0.2, 0.25) is 0 Å². The first-order valence-electron chi connectivity index (χ1n) is 10.4. The molecule has 1 aromatic heterocycles. The third-order valence-electron chi connectivity index (χ3n) is 5.46. The maximum absolute atomic E-state index is 13.6. The minimum Gasteiger partial charge on any atom is -0.378 e. The fraction of sp³-hybridized carbons (Fsp3) is 0.500. The molecule has 0 aliphatic carbocycles. The number of fused-ring (bicyclic) bond motifs is 1. The quantitative estimate of drug-likeness (QED) is 0.775. The summed E-state index contributed by atoms with van der Waals surface area (Å²) in [7, 11) is 0. The van der Waals surface area contributed by atoms with Gasteiger partial charge < -0.3 is 14.5 Å². The molecule has 6 nitrogen and oxygen atoms in total. The molecule has 0 bridgehead atoms. The summed E-state index contributed by atoms with van der Waals surface area (Å²) in [5.41, 5.74) is 2.91. The van der Waals surface area contributed by atoms with Crippen LogP contribution in [0.4, 0.5) is 10.2 Å². The first-order chi connectivity index (χ1) is 14.1. The molecule has 0 spiro atoms. The van der Waals surface area contributed by atoms with Gasteiger partial charge in [-0.3, -0.25) is 4.79 Å². The van der Waals surface area contributed by atoms with Crippen LogP contribution >= 0.6 is 0 Å². The Bertz CT molecular complexity index is 883. The summed E-state index contributed by atoms with van der Waals surface area (Å²) in [6, 6.07) is 6.58. The lowest BCUT2D eigenvalue weighted by molar-refractivity contribution is -0.132. The highest BCUT2D eigenvalue weighted by molar-refractivity contribution is 5.76. The van der Waals surface area contributed by atoms with Gasteiger partial charge in [-0.05, 0) is 24.1 Å². The van der Waals surface area contributed by atoms with Crippen molar-refractivity contribution in [1.29, 1.82) is 0 Å². The lowest BCUT2D eigenvalue weighted by atomic mass is 10.0. The maximum atomic E-state index is 13.6. The van der Waals surface area contributed by atoms with E-state index < -0.39 is 0 Å². The first-order valence-corrected chi connectivity index (χ1v) is 10.4. The third kappa shape index (κ3) is 4.56. The number of benzene rings is 1. The molecule has 2 aliphatic heterocycles. The molecule has 2 aromatic rings. The normalized spacial score (nSPS) is 16.6. The van der Waals surface area contributed by atoms with Gasteiger partial charge in [-0.15, -0.1) is 0 Å². The van der Waals surface area contributed by atoms with Crippen molar-refractivity contribution in [2.24, 2.45) is 0 Å². The number of hydrogen-bond donors (Lipinski definition) is 0. The fourth-order valence-corrected chi connectivity index (χ4v) is 3.98. The van der Waals surface area contributed by atoms with E-state index in [1.807, 2.05) is 17.9 Å². The summed E-state index contributed by atoms with van der Waals surface area (Å²) in [4.78, 5) is 26.3. The van der Waals surface area contributed by atoms with Crippen LogP contribution in [0.25, 0.3) is 0 Å². The van der Waals surface area contributed by atoms with Crippen LogP contribution in [0.15, 0.2) is 24.3 Å². The molecule has 2 aliphatic rings. The second-order valence-corrected chi connectivity index (χ2v) is 7.61. The van der Waals surface area contributed by atoms with E-state index in [4.69, 9.17) is 14.7 Å². The van der Waals surface area contributed by atoms with E-state index in [1.165, 1.54) is 12.1 Å². The number of morpholine rings is 1. The topological polar surface area (TPSA) is 58.6 Å². The Kier molecular flexibility index (Phi) is 6.04. The average Bonchev–Trinajstić information content (AvgIpc) is 2.74. The van der Waals surface area contributed by atoms with Crippen LogP contribution in [0.3, 0.4) is 0 Å². The van der Waals surface area contributed by atoms with Crippen molar-refractivity contribution < 1.29 is 13.9 Å². The molecule has 4 rings (SSSR count). The maximum Gasteiger partial charge on any atom is 0.222 e. The molecular weight excluding hydrogens is 371 g/mol. The van der Waals surface area contributed by atoms with E-state index in [0.717, 1.165) is 48.6 Å². The van der Waals surface area contributed by atoms with Crippen LogP contribution in [-0.4, -0.2) is 53.6 Å². The van der Waals surface area contributed by atoms with Crippen molar-refractivity contribution >= 4 is 11.7 Å². The average molecular weight is 398 g/mol. The Morgan fingerprint density at radius 1 is 1.21 bits per heavy atom. The number of anilines is 1. The lowest BCUT2D eigenvalue weighted by Gasteiger charge is -2.34. The van der Waals surface area contributed by atoms with Gasteiger partial charge in [0, 0.05) is 44.5 Å². The Hall–Kier alpha value is -2.54. The van der Waals surface area contributed by atoms with Gasteiger partial charge in [-0.2, -0.15) is 0 Å². The van der Waals surface area contributed by atoms with Gasteiger partial charge in [-0.25, -0.2) is 14.4 Å². The molecule has 0 atom stereocenters. The Labute approximate surface area is 170 Å². The van der Waals surface area contributed by atoms with Gasteiger partial charge in [0.25, 0.3) is 0 Å². The van der Waals surface area contributed by atoms with Gasteiger partial charge in [-0.1, -0.05) is 19.1 Å². The Morgan fingerprint density at radius 3 is 2.79 bits per heavy atom. The van der Waals surface area contributed by atoms with Crippen LogP contribution in [0, 0.1) is 5.82 Å². The summed E-state index contributed by atoms with van der Waals surface area (Å²) in [6.45, 7) is 6.13. The molecule has 29 heavy (non-hydrogen) atoms. The minimum absolute atomic E-state index is 0.190. The predicted octanol–water partition coefficient (Wildman–Crippen LogP) is 2.73. The number of carbonyl (C=O) groups excluding carboxylic acids is 1. The number of carbonyl (C=O) groups is 1. The molecule has 154 valence electrons. The lowest BCUT2D eigenvalue weighted by Crippen LogP contribution is -2.41. The summed E-state index contributed by atoms with van der Waals surface area (Å²) < 4.78 is 19.1. The number of hydrogen-bond acceptors (Lipinski definition) is 5. The van der Waals surface area contributed by atoms with Gasteiger partial charge in [0.15, 0.2) is 0 Å². The summed E-state index contributed by atoms with van der Waals surface area (Å²) in [5, 5.41) is 0. The van der Waals surface area contributed by atoms with Crippen molar-refractivity contribution in [3.63, 3.8) is 0 Å². The molecule has 3 heterocycles. The van der Waals surface area contributed by atoms with Crippen molar-refractivity contribution in [3.8, 4) is 0 Å². The second-order valence-electron chi connectivity index (χ2n) is 7.61. The summed E-state index contributed by atoms with van der Waals surface area (Å²) in [5.74, 6) is 1.54. The smallest absolute Gasteiger partial charge is 0.222 e. The molecule has 1 saturated heterocycles. The molecule has 1 fully saturated rings. The third-order valence-corrected chi connectivity index (χ3v) is 5.46. The highest BCUT2D eigenvalue weighted by Crippen LogP contribution is 2.28. The van der Waals surface area contributed by atoms with Gasteiger partial charge in [0.05, 0.1) is 25.5 Å². The van der Waals surface area contributed by atoms with E-state index >= 15 is 0 Å². The number of aromatic nitrogens is 2. The van der Waals surface area contributed by atoms with Gasteiger partial charge >= 0.3 is 0 Å². The Balaban J connectivity index is 1.66.